The molecule has 1 amide bonds. The van der Waals surface area contributed by atoms with Gasteiger partial charge in [-0.25, -0.2) is 14.8 Å². The van der Waals surface area contributed by atoms with Crippen molar-refractivity contribution >= 4 is 28.2 Å². The van der Waals surface area contributed by atoms with E-state index in [1.54, 1.807) is 0 Å². The van der Waals surface area contributed by atoms with Crippen LogP contribution >= 0.6 is 0 Å². The van der Waals surface area contributed by atoms with Gasteiger partial charge in [0.25, 0.3) is 0 Å². The molecule has 214 valence electrons. The molecule has 0 aliphatic rings. The first-order chi connectivity index (χ1) is 19.0. The molecule has 2 aromatic carbocycles. The van der Waals surface area contributed by atoms with Crippen molar-refractivity contribution in [1.82, 2.24) is 25.3 Å². The third-order valence-corrected chi connectivity index (χ3v) is 6.50. The van der Waals surface area contributed by atoms with E-state index in [4.69, 9.17) is 15.5 Å². The molecule has 2 aromatic heterocycles. The van der Waals surface area contributed by atoms with Crippen LogP contribution in [-0.4, -0.2) is 31.6 Å². The van der Waals surface area contributed by atoms with E-state index in [2.05, 4.69) is 64.7 Å². The highest BCUT2D eigenvalue weighted by atomic mass is 16.6. The maximum Gasteiger partial charge on any atom is 0.408 e. The van der Waals surface area contributed by atoms with E-state index < -0.39 is 11.7 Å². The van der Waals surface area contributed by atoms with E-state index in [9.17, 15) is 4.79 Å². The molecule has 0 unspecified atom stereocenters. The summed E-state index contributed by atoms with van der Waals surface area (Å²) < 4.78 is 5.48. The first-order valence-electron chi connectivity index (χ1n) is 13.8. The number of hydrogen-bond acceptors (Lipinski definition) is 5. The zero-order valence-corrected chi connectivity index (χ0v) is 25.4. The summed E-state index contributed by atoms with van der Waals surface area (Å²) in [5, 5.41) is 2.97. The second kappa shape index (κ2) is 11.0. The number of nitrogens with zero attached hydrogens (tertiary/aromatic N) is 2. The second-order valence-electron chi connectivity index (χ2n) is 13.5. The van der Waals surface area contributed by atoms with Gasteiger partial charge in [-0.05, 0) is 79.8 Å². The Labute approximate surface area is 242 Å². The number of nitrogens with two attached hydrogens (primary N) is 1. The summed E-state index contributed by atoms with van der Waals surface area (Å²) in [5.41, 5.74) is 10.4. The van der Waals surface area contributed by atoms with Crippen LogP contribution in [0.5, 0.6) is 0 Å². The predicted molar refractivity (Wildman–Crippen MR) is 164 cm³/mol. The van der Waals surface area contributed by atoms with Crippen molar-refractivity contribution in [2.24, 2.45) is 16.6 Å². The Kier molecular flexibility index (Phi) is 7.94. The minimum absolute atomic E-state index is 0.0991. The Hall–Kier alpha value is -4.27. The number of H-pyrrole nitrogens is 2. The lowest BCUT2D eigenvalue weighted by Gasteiger charge is -2.31. The molecule has 0 radical (unpaired) electrons. The average Bonchev–Trinajstić information content (AvgIpc) is 3.45. The van der Waals surface area contributed by atoms with Gasteiger partial charge in [0.1, 0.15) is 17.2 Å². The van der Waals surface area contributed by atoms with E-state index in [1.807, 2.05) is 77.9 Å². The summed E-state index contributed by atoms with van der Waals surface area (Å²) in [7, 11) is 0. The van der Waals surface area contributed by atoms with Crippen LogP contribution in [-0.2, 0) is 4.74 Å². The zero-order chi connectivity index (χ0) is 30.2. The van der Waals surface area contributed by atoms with Gasteiger partial charge in [0, 0.05) is 11.1 Å². The lowest BCUT2D eigenvalue weighted by Crippen LogP contribution is -2.40. The molecule has 0 aliphatic carbocycles. The standard InChI is InChI=1S/C33H40N6O2/c1-31(2,3)26(34)28-35-22-16-14-20(18-24(22)37-28)12-10-11-13-21-15-17-23-25(19-21)38-29(36-23)27(32(4,5)6)39-30(40)41-33(7,8)9/h14-19,26-27H,34H2,1-9H3,(H,35,37)(H,36,38)(H,39,40)/t26-,27-/m1/s1. The van der Waals surface area contributed by atoms with Crippen LogP contribution in [0.3, 0.4) is 0 Å². The maximum absolute atomic E-state index is 12.5. The molecule has 0 saturated carbocycles. The molecule has 5 N–H and O–H groups in total. The van der Waals surface area contributed by atoms with Crippen LogP contribution < -0.4 is 11.1 Å². The fourth-order valence-corrected chi connectivity index (χ4v) is 4.24. The van der Waals surface area contributed by atoms with Crippen molar-refractivity contribution in [3.63, 3.8) is 0 Å². The van der Waals surface area contributed by atoms with E-state index in [-0.39, 0.29) is 22.9 Å². The Balaban J connectivity index is 1.52. The average molecular weight is 553 g/mol. The summed E-state index contributed by atoms with van der Waals surface area (Å²) in [5.74, 6) is 13.5. The first kappa shape index (κ1) is 29.7. The summed E-state index contributed by atoms with van der Waals surface area (Å²) in [4.78, 5) is 28.6. The zero-order valence-electron chi connectivity index (χ0n) is 25.4. The Bertz CT molecular complexity index is 1700. The van der Waals surface area contributed by atoms with Gasteiger partial charge in [-0.15, -0.1) is 0 Å². The Morgan fingerprint density at radius 3 is 1.76 bits per heavy atom. The number of rotatable bonds is 3. The molecule has 2 heterocycles. The molecule has 2 atom stereocenters. The summed E-state index contributed by atoms with van der Waals surface area (Å²) in [6.07, 6.45) is -0.483. The van der Waals surface area contributed by atoms with Gasteiger partial charge < -0.3 is 25.8 Å². The van der Waals surface area contributed by atoms with Crippen molar-refractivity contribution in [3.05, 3.63) is 59.2 Å². The summed E-state index contributed by atoms with van der Waals surface area (Å²) >= 11 is 0. The molecule has 0 spiro atoms. The molecule has 4 rings (SSSR count). The minimum atomic E-state index is -0.591. The minimum Gasteiger partial charge on any atom is -0.444 e. The lowest BCUT2D eigenvalue weighted by atomic mass is 9.86. The van der Waals surface area contributed by atoms with Crippen LogP contribution in [0.15, 0.2) is 36.4 Å². The fourth-order valence-electron chi connectivity index (χ4n) is 4.24. The van der Waals surface area contributed by atoms with E-state index >= 15 is 0 Å². The molecular formula is C33H40N6O2. The van der Waals surface area contributed by atoms with Gasteiger partial charge >= 0.3 is 6.09 Å². The maximum atomic E-state index is 12.5. The number of aromatic amines is 2. The summed E-state index contributed by atoms with van der Waals surface area (Å²) in [6.45, 7) is 17.9. The third-order valence-electron chi connectivity index (χ3n) is 6.50. The number of nitrogens with one attached hydrogen (secondary N) is 3. The number of ether oxygens (including phenoxy) is 1. The highest BCUT2D eigenvalue weighted by Crippen LogP contribution is 2.33. The van der Waals surface area contributed by atoms with E-state index in [1.165, 1.54) is 0 Å². The molecule has 8 heteroatoms. The van der Waals surface area contributed by atoms with E-state index in [0.717, 1.165) is 39.0 Å². The highest BCUT2D eigenvalue weighted by molar-refractivity contribution is 5.78. The molecule has 41 heavy (non-hydrogen) atoms. The van der Waals surface area contributed by atoms with Crippen LogP contribution in [0.4, 0.5) is 4.79 Å². The molecule has 0 fully saturated rings. The monoisotopic (exact) mass is 552 g/mol. The van der Waals surface area contributed by atoms with Crippen LogP contribution in [0.25, 0.3) is 22.1 Å². The van der Waals surface area contributed by atoms with Gasteiger partial charge in [0.05, 0.1) is 34.2 Å². The predicted octanol–water partition coefficient (Wildman–Crippen LogP) is 6.50. The molecular weight excluding hydrogens is 512 g/mol. The van der Waals surface area contributed by atoms with Crippen molar-refractivity contribution in [1.29, 1.82) is 0 Å². The van der Waals surface area contributed by atoms with Crippen molar-refractivity contribution in [3.8, 4) is 23.7 Å². The number of carbonyl (C=O) groups excluding carboxylic acids is 1. The number of carbonyl (C=O) groups is 1. The van der Waals surface area contributed by atoms with Gasteiger partial charge in [-0.2, -0.15) is 0 Å². The Morgan fingerprint density at radius 1 is 0.805 bits per heavy atom. The second-order valence-corrected chi connectivity index (χ2v) is 13.5. The first-order valence-corrected chi connectivity index (χ1v) is 13.8. The fraction of sp³-hybridized carbons (Fsp3) is 0.424. The molecule has 4 aromatic rings. The molecule has 0 bridgehead atoms. The van der Waals surface area contributed by atoms with Crippen LogP contribution in [0.1, 0.15) is 97.2 Å². The third kappa shape index (κ3) is 7.48. The van der Waals surface area contributed by atoms with Crippen molar-refractivity contribution in [2.75, 3.05) is 0 Å². The van der Waals surface area contributed by atoms with Crippen LogP contribution in [0, 0.1) is 34.5 Å². The largest absolute Gasteiger partial charge is 0.444 e. The number of benzene rings is 2. The number of imidazole rings is 2. The summed E-state index contributed by atoms with van der Waals surface area (Å²) in [6, 6.07) is 11.0. The van der Waals surface area contributed by atoms with Gasteiger partial charge in [-0.1, -0.05) is 53.4 Å². The van der Waals surface area contributed by atoms with Gasteiger partial charge in [-0.3, -0.25) is 0 Å². The number of alkyl carbamates (subject to hydrolysis) is 1. The number of aromatic nitrogens is 4. The highest BCUT2D eigenvalue weighted by Gasteiger charge is 2.32. The SMILES string of the molecule is CC(C)(C)OC(=O)N[C@H](c1nc2ccc(C#CC#Cc3ccc4nc([C@@H](N)C(C)(C)C)[nH]c4c3)cc2[nH]1)C(C)(C)C. The smallest absolute Gasteiger partial charge is 0.408 e. The quantitative estimate of drug-likeness (QED) is 0.216. The topological polar surface area (TPSA) is 122 Å². The van der Waals surface area contributed by atoms with Crippen LogP contribution in [0.2, 0.25) is 0 Å². The lowest BCUT2D eigenvalue weighted by molar-refractivity contribution is 0.0458. The Morgan fingerprint density at radius 2 is 1.29 bits per heavy atom. The van der Waals surface area contributed by atoms with E-state index in [0.29, 0.717) is 5.82 Å². The van der Waals surface area contributed by atoms with Gasteiger partial charge in [0.2, 0.25) is 0 Å². The van der Waals surface area contributed by atoms with Crippen molar-refractivity contribution in [2.45, 2.75) is 80.0 Å². The number of amides is 1. The van der Waals surface area contributed by atoms with Gasteiger partial charge in [0.15, 0.2) is 0 Å². The number of fused-ring (bicyclic) bond motifs is 2. The molecule has 8 nitrogen and oxygen atoms in total. The molecule has 0 saturated heterocycles. The normalized spacial score (nSPS) is 13.6. The number of hydrogen-bond donors (Lipinski definition) is 4. The molecule has 0 aliphatic heterocycles. The van der Waals surface area contributed by atoms with Crippen molar-refractivity contribution < 1.29 is 9.53 Å².